The molecule has 0 spiro atoms. The van der Waals surface area contributed by atoms with E-state index in [-0.39, 0.29) is 11.4 Å². The summed E-state index contributed by atoms with van der Waals surface area (Å²) in [5.74, 6) is -0.454. The lowest BCUT2D eigenvalue weighted by atomic mass is 10.1. The number of carbonyl (C=O) groups excluding carboxylic acids is 1. The average Bonchev–Trinajstić information content (AvgIpc) is 3.04. The molecule has 1 amide bonds. The van der Waals surface area contributed by atoms with Crippen molar-refractivity contribution < 1.29 is 4.79 Å². The summed E-state index contributed by atoms with van der Waals surface area (Å²) in [6.07, 6.45) is 1.64. The monoisotopic (exact) mass is 444 g/mol. The van der Waals surface area contributed by atoms with Crippen molar-refractivity contribution in [1.29, 1.82) is 5.41 Å². The third kappa shape index (κ3) is 3.13. The predicted octanol–water partition coefficient (Wildman–Crippen LogP) is 4.77. The highest BCUT2D eigenvalue weighted by Crippen LogP contribution is 2.33. The number of fused-ring (bicyclic) bond motifs is 1. The maximum atomic E-state index is 12.4. The second kappa shape index (κ2) is 6.83. The molecule has 2 aromatic carbocycles. The van der Waals surface area contributed by atoms with Gasteiger partial charge in [-0.3, -0.25) is 10.2 Å². The zero-order valence-electron chi connectivity index (χ0n) is 13.1. The predicted molar refractivity (Wildman–Crippen MR) is 110 cm³/mol. The van der Waals surface area contributed by atoms with Crippen LogP contribution in [0.4, 0.5) is 0 Å². The zero-order valence-corrected chi connectivity index (χ0v) is 16.3. The van der Waals surface area contributed by atoms with Crippen molar-refractivity contribution in [2.45, 2.75) is 0 Å². The summed E-state index contributed by atoms with van der Waals surface area (Å²) in [6, 6.07) is 14.8. The smallest absolute Gasteiger partial charge is 0.282 e. The largest absolute Gasteiger partial charge is 0.283 e. The molecule has 2 heterocycles. The van der Waals surface area contributed by atoms with Gasteiger partial charge in [0, 0.05) is 10.0 Å². The van der Waals surface area contributed by atoms with Crippen molar-refractivity contribution in [3.05, 3.63) is 74.7 Å². The van der Waals surface area contributed by atoms with Crippen LogP contribution in [0, 0.1) is 5.41 Å². The minimum Gasteiger partial charge on any atom is -0.282 e. The van der Waals surface area contributed by atoms with E-state index in [4.69, 9.17) is 17.0 Å². The minimum atomic E-state index is -0.452. The average molecular weight is 446 g/mol. The van der Waals surface area contributed by atoms with Crippen molar-refractivity contribution in [3.8, 4) is 0 Å². The quantitative estimate of drug-likeness (QED) is 0.677. The Morgan fingerprint density at radius 1 is 1.15 bits per heavy atom. The van der Waals surface area contributed by atoms with Crippen LogP contribution >= 0.6 is 39.3 Å². The van der Waals surface area contributed by atoms with Gasteiger partial charge in [-0.15, -0.1) is 0 Å². The van der Waals surface area contributed by atoms with Gasteiger partial charge in [-0.25, -0.2) is 0 Å². The number of benzene rings is 2. The summed E-state index contributed by atoms with van der Waals surface area (Å²) >= 11 is 10.8. The number of hydrogen-bond acceptors (Lipinski definition) is 4. The van der Waals surface area contributed by atoms with Gasteiger partial charge in [0.25, 0.3) is 5.91 Å². The Hall–Kier alpha value is -2.22. The highest BCUT2D eigenvalue weighted by molar-refractivity contribution is 9.10. The fourth-order valence-electron chi connectivity index (χ4n) is 2.46. The van der Waals surface area contributed by atoms with Gasteiger partial charge in [0.1, 0.15) is 5.04 Å². The van der Waals surface area contributed by atoms with E-state index >= 15 is 0 Å². The van der Waals surface area contributed by atoms with Crippen molar-refractivity contribution in [2.24, 2.45) is 10.1 Å². The summed E-state index contributed by atoms with van der Waals surface area (Å²) in [5, 5.41) is 15.7. The Labute approximate surface area is 167 Å². The number of amidine groups is 2. The van der Waals surface area contributed by atoms with Gasteiger partial charge in [-0.2, -0.15) is 15.1 Å². The summed E-state index contributed by atoms with van der Waals surface area (Å²) in [6.45, 7) is 0. The zero-order chi connectivity index (χ0) is 18.3. The van der Waals surface area contributed by atoms with Gasteiger partial charge >= 0.3 is 0 Å². The Bertz CT molecular complexity index is 1030. The SMILES string of the molecule is N=C1/C(=C/c2ccc(Br)cc2)C(=O)N=C2SC(c3ccccc3Cl)=NN12. The molecule has 0 unspecified atom stereocenters. The maximum Gasteiger partial charge on any atom is 0.283 e. The molecule has 0 fully saturated rings. The molecular formula is C18H10BrClN4OS. The van der Waals surface area contributed by atoms with E-state index in [0.717, 1.165) is 15.6 Å². The van der Waals surface area contributed by atoms with Crippen LogP contribution in [0.3, 0.4) is 0 Å². The van der Waals surface area contributed by atoms with Crippen molar-refractivity contribution in [3.63, 3.8) is 0 Å². The molecule has 2 aliphatic rings. The first-order valence-electron chi connectivity index (χ1n) is 7.53. The van der Waals surface area contributed by atoms with Crippen LogP contribution in [-0.4, -0.2) is 27.0 Å². The van der Waals surface area contributed by atoms with E-state index in [9.17, 15) is 4.79 Å². The van der Waals surface area contributed by atoms with Crippen molar-refractivity contribution >= 4 is 67.3 Å². The molecule has 0 aromatic heterocycles. The molecular weight excluding hydrogens is 436 g/mol. The summed E-state index contributed by atoms with van der Waals surface area (Å²) in [5.41, 5.74) is 1.75. The molecule has 128 valence electrons. The van der Waals surface area contributed by atoms with Crippen LogP contribution < -0.4 is 0 Å². The van der Waals surface area contributed by atoms with E-state index in [1.165, 1.54) is 16.8 Å². The number of hydrogen-bond donors (Lipinski definition) is 1. The number of rotatable bonds is 2. The molecule has 0 bridgehead atoms. The van der Waals surface area contributed by atoms with Gasteiger partial charge in [0.05, 0.1) is 10.6 Å². The first-order valence-corrected chi connectivity index (χ1v) is 9.52. The molecule has 1 N–H and O–H groups in total. The second-order valence-corrected chi connectivity index (χ2v) is 7.74. The molecule has 0 saturated carbocycles. The summed E-state index contributed by atoms with van der Waals surface area (Å²) in [4.78, 5) is 16.5. The fourth-order valence-corrected chi connectivity index (χ4v) is 3.94. The number of nitrogens with zero attached hydrogens (tertiary/aromatic N) is 3. The van der Waals surface area contributed by atoms with E-state index in [2.05, 4.69) is 26.0 Å². The van der Waals surface area contributed by atoms with Crippen LogP contribution in [0.15, 0.2) is 68.7 Å². The van der Waals surface area contributed by atoms with Crippen LogP contribution in [0.2, 0.25) is 5.02 Å². The molecule has 0 radical (unpaired) electrons. The van der Waals surface area contributed by atoms with Crippen LogP contribution in [0.5, 0.6) is 0 Å². The van der Waals surface area contributed by atoms with Gasteiger partial charge in [0.15, 0.2) is 5.84 Å². The highest BCUT2D eigenvalue weighted by atomic mass is 79.9. The normalized spacial score (nSPS) is 18.1. The molecule has 0 saturated heterocycles. The van der Waals surface area contributed by atoms with Gasteiger partial charge in [0.2, 0.25) is 5.17 Å². The number of nitrogens with one attached hydrogen (secondary N) is 1. The maximum absolute atomic E-state index is 12.4. The highest BCUT2D eigenvalue weighted by Gasteiger charge is 2.36. The van der Waals surface area contributed by atoms with Gasteiger partial charge in [-0.05, 0) is 41.6 Å². The van der Waals surface area contributed by atoms with Gasteiger partial charge in [-0.1, -0.05) is 57.9 Å². The topological polar surface area (TPSA) is 68.9 Å². The molecule has 26 heavy (non-hydrogen) atoms. The third-order valence-corrected chi connectivity index (χ3v) is 5.54. The number of carbonyl (C=O) groups is 1. The van der Waals surface area contributed by atoms with E-state index < -0.39 is 5.91 Å². The Kier molecular flexibility index (Phi) is 4.52. The number of halogens is 2. The lowest BCUT2D eigenvalue weighted by Crippen LogP contribution is -2.35. The van der Waals surface area contributed by atoms with Crippen LogP contribution in [0.25, 0.3) is 6.08 Å². The lowest BCUT2D eigenvalue weighted by molar-refractivity contribution is -0.114. The molecule has 2 aliphatic heterocycles. The second-order valence-electron chi connectivity index (χ2n) is 5.46. The number of aliphatic imine (C=N–C) groups is 1. The third-order valence-electron chi connectivity index (χ3n) is 3.74. The van der Waals surface area contributed by atoms with E-state index in [0.29, 0.717) is 15.2 Å². The van der Waals surface area contributed by atoms with Crippen LogP contribution in [-0.2, 0) is 4.79 Å². The minimum absolute atomic E-state index is 0.00234. The number of amides is 1. The fraction of sp³-hybridized carbons (Fsp3) is 0. The summed E-state index contributed by atoms with van der Waals surface area (Å²) in [7, 11) is 0. The Morgan fingerprint density at radius 3 is 2.62 bits per heavy atom. The molecule has 0 atom stereocenters. The molecule has 5 nitrogen and oxygen atoms in total. The Morgan fingerprint density at radius 2 is 1.88 bits per heavy atom. The lowest BCUT2D eigenvalue weighted by Gasteiger charge is -2.20. The van der Waals surface area contributed by atoms with E-state index in [1.54, 1.807) is 12.1 Å². The molecule has 8 heteroatoms. The Balaban J connectivity index is 1.70. The first-order chi connectivity index (χ1) is 12.5. The standard InChI is InChI=1S/C18H10BrClN4OS/c19-11-7-5-10(6-8-11)9-13-15(21)24-18(22-16(13)25)26-17(23-24)12-3-1-2-4-14(12)20/h1-9,21H/b13-9-,21-15?. The number of hydrazone groups is 1. The number of thioether (sulfide) groups is 1. The molecule has 2 aromatic rings. The van der Waals surface area contributed by atoms with Crippen molar-refractivity contribution in [2.75, 3.05) is 0 Å². The molecule has 0 aliphatic carbocycles. The van der Waals surface area contributed by atoms with E-state index in [1.807, 2.05) is 42.5 Å². The van der Waals surface area contributed by atoms with Crippen LogP contribution in [0.1, 0.15) is 11.1 Å². The van der Waals surface area contributed by atoms with Gasteiger partial charge < -0.3 is 0 Å². The molecule has 4 rings (SSSR count). The summed E-state index contributed by atoms with van der Waals surface area (Å²) < 4.78 is 0.940. The van der Waals surface area contributed by atoms with Crippen molar-refractivity contribution in [1.82, 2.24) is 5.01 Å². The first kappa shape index (κ1) is 17.2.